The van der Waals surface area contributed by atoms with E-state index in [1.807, 2.05) is 30.3 Å². The fraction of sp³-hybridized carbons (Fsp3) is 0.474. The summed E-state index contributed by atoms with van der Waals surface area (Å²) < 4.78 is 5.03. The van der Waals surface area contributed by atoms with E-state index in [9.17, 15) is 14.4 Å². The van der Waals surface area contributed by atoms with Crippen molar-refractivity contribution in [3.8, 4) is 0 Å². The maximum absolute atomic E-state index is 12.2. The third kappa shape index (κ3) is 5.40. The third-order valence-corrected chi connectivity index (χ3v) is 4.37. The van der Waals surface area contributed by atoms with Gasteiger partial charge in [-0.25, -0.2) is 5.01 Å². The molecule has 0 bridgehead atoms. The molecule has 7 heteroatoms. The molecule has 1 fully saturated rings. The molecule has 0 saturated heterocycles. The third-order valence-electron chi connectivity index (χ3n) is 4.37. The van der Waals surface area contributed by atoms with Crippen molar-refractivity contribution in [2.75, 3.05) is 19.7 Å². The summed E-state index contributed by atoms with van der Waals surface area (Å²) in [5.74, 6) is -0.474. The number of benzene rings is 1. The van der Waals surface area contributed by atoms with Crippen molar-refractivity contribution >= 4 is 23.5 Å². The van der Waals surface area contributed by atoms with Gasteiger partial charge in [0.1, 0.15) is 6.54 Å². The van der Waals surface area contributed by atoms with Crippen molar-refractivity contribution in [3.05, 3.63) is 35.9 Å². The summed E-state index contributed by atoms with van der Waals surface area (Å²) >= 11 is 0. The number of nitrogens with one attached hydrogen (secondary N) is 1. The van der Waals surface area contributed by atoms with Gasteiger partial charge in [0.05, 0.1) is 18.9 Å². The summed E-state index contributed by atoms with van der Waals surface area (Å²) in [6.07, 6.45) is 3.00. The summed E-state index contributed by atoms with van der Waals surface area (Å²) in [5, 5.41) is 8.26. The van der Waals surface area contributed by atoms with Crippen molar-refractivity contribution in [3.63, 3.8) is 0 Å². The van der Waals surface area contributed by atoms with Gasteiger partial charge in [-0.2, -0.15) is 5.10 Å². The summed E-state index contributed by atoms with van der Waals surface area (Å²) in [6, 6.07) is 9.72. The summed E-state index contributed by atoms with van der Waals surface area (Å²) in [4.78, 5) is 35.4. The first-order chi connectivity index (χ1) is 12.6. The van der Waals surface area contributed by atoms with Crippen LogP contribution in [0.25, 0.3) is 0 Å². The van der Waals surface area contributed by atoms with Crippen LogP contribution in [0.2, 0.25) is 0 Å². The zero-order valence-electron chi connectivity index (χ0n) is 14.6. The Bertz CT molecular complexity index is 698. The Kier molecular flexibility index (Phi) is 5.99. The quantitative estimate of drug-likeness (QED) is 0.714. The predicted molar refractivity (Wildman–Crippen MR) is 95.2 cm³/mol. The molecule has 7 nitrogen and oxygen atoms in total. The SMILES string of the molecule is O=C(CCC(=O)N1CCC(c2ccccc2)=N1)NCC(=O)OCC1CC1. The minimum atomic E-state index is -0.437. The van der Waals surface area contributed by atoms with Gasteiger partial charge in [-0.3, -0.25) is 14.4 Å². The molecular formula is C19H23N3O4. The maximum Gasteiger partial charge on any atom is 0.325 e. The molecule has 0 aromatic heterocycles. The molecule has 138 valence electrons. The van der Waals surface area contributed by atoms with Crippen LogP contribution in [0.15, 0.2) is 35.4 Å². The fourth-order valence-electron chi connectivity index (χ4n) is 2.63. The lowest BCUT2D eigenvalue weighted by Gasteiger charge is -2.11. The van der Waals surface area contributed by atoms with Crippen LogP contribution in [-0.4, -0.2) is 48.2 Å². The van der Waals surface area contributed by atoms with Crippen molar-refractivity contribution in [2.45, 2.75) is 32.1 Å². The Morgan fingerprint density at radius 2 is 1.92 bits per heavy atom. The molecule has 1 aromatic carbocycles. The Morgan fingerprint density at radius 3 is 2.65 bits per heavy atom. The fourth-order valence-corrected chi connectivity index (χ4v) is 2.63. The molecule has 0 atom stereocenters. The minimum Gasteiger partial charge on any atom is -0.464 e. The number of ether oxygens (including phenoxy) is 1. The molecule has 0 spiro atoms. The molecule has 1 saturated carbocycles. The van der Waals surface area contributed by atoms with Gasteiger partial charge in [0.15, 0.2) is 0 Å². The molecule has 0 radical (unpaired) electrons. The van der Waals surface area contributed by atoms with E-state index >= 15 is 0 Å². The van der Waals surface area contributed by atoms with Gasteiger partial charge in [-0.05, 0) is 24.3 Å². The normalized spacial score (nSPS) is 16.2. The van der Waals surface area contributed by atoms with Crippen LogP contribution in [0.1, 0.15) is 37.7 Å². The van der Waals surface area contributed by atoms with E-state index in [0.29, 0.717) is 25.5 Å². The standard InChI is InChI=1S/C19H23N3O4/c23-17(20-12-19(25)26-13-14-6-7-14)8-9-18(24)22-11-10-16(21-22)15-4-2-1-3-5-15/h1-5,14H,6-13H2,(H,20,23). The van der Waals surface area contributed by atoms with Crippen molar-refractivity contribution < 1.29 is 19.1 Å². The molecule has 1 aromatic rings. The molecule has 1 aliphatic carbocycles. The van der Waals surface area contributed by atoms with Gasteiger partial charge < -0.3 is 10.1 Å². The Hall–Kier alpha value is -2.70. The number of hydrogen-bond donors (Lipinski definition) is 1. The molecule has 1 aliphatic heterocycles. The van der Waals surface area contributed by atoms with E-state index in [0.717, 1.165) is 24.1 Å². The Balaban J connectivity index is 1.36. The number of hydrazone groups is 1. The topological polar surface area (TPSA) is 88.1 Å². The lowest BCUT2D eigenvalue weighted by molar-refractivity contribution is -0.144. The highest BCUT2D eigenvalue weighted by Gasteiger charge is 2.24. The summed E-state index contributed by atoms with van der Waals surface area (Å²) in [7, 11) is 0. The van der Waals surface area contributed by atoms with E-state index in [1.165, 1.54) is 5.01 Å². The second-order valence-electron chi connectivity index (χ2n) is 6.58. The first kappa shape index (κ1) is 18.1. The number of rotatable bonds is 8. The van der Waals surface area contributed by atoms with Crippen LogP contribution in [0.4, 0.5) is 0 Å². The van der Waals surface area contributed by atoms with Crippen LogP contribution in [0.3, 0.4) is 0 Å². The number of carbonyl (C=O) groups excluding carboxylic acids is 3. The second-order valence-corrected chi connectivity index (χ2v) is 6.58. The average molecular weight is 357 g/mol. The number of amides is 2. The van der Waals surface area contributed by atoms with E-state index in [-0.39, 0.29) is 31.2 Å². The zero-order chi connectivity index (χ0) is 18.4. The number of esters is 1. The lowest BCUT2D eigenvalue weighted by atomic mass is 10.1. The van der Waals surface area contributed by atoms with Crippen LogP contribution >= 0.6 is 0 Å². The molecule has 0 unspecified atom stereocenters. The lowest BCUT2D eigenvalue weighted by Crippen LogP contribution is -2.32. The van der Waals surface area contributed by atoms with E-state index in [1.54, 1.807) is 0 Å². The molecule has 2 amide bonds. The minimum absolute atomic E-state index is 0.0292. The highest BCUT2D eigenvalue weighted by atomic mass is 16.5. The maximum atomic E-state index is 12.2. The van der Waals surface area contributed by atoms with Crippen LogP contribution in [-0.2, 0) is 19.1 Å². The van der Waals surface area contributed by atoms with Gasteiger partial charge in [0.25, 0.3) is 0 Å². The van der Waals surface area contributed by atoms with Gasteiger partial charge in [0.2, 0.25) is 11.8 Å². The molecule has 2 aliphatic rings. The van der Waals surface area contributed by atoms with E-state index in [2.05, 4.69) is 10.4 Å². The van der Waals surface area contributed by atoms with Crippen molar-refractivity contribution in [2.24, 2.45) is 11.0 Å². The van der Waals surface area contributed by atoms with Gasteiger partial charge in [-0.1, -0.05) is 30.3 Å². The second kappa shape index (κ2) is 8.60. The first-order valence-electron chi connectivity index (χ1n) is 8.97. The first-order valence-corrected chi connectivity index (χ1v) is 8.97. The van der Waals surface area contributed by atoms with Crippen molar-refractivity contribution in [1.82, 2.24) is 10.3 Å². The Morgan fingerprint density at radius 1 is 1.15 bits per heavy atom. The number of carbonyl (C=O) groups is 3. The van der Waals surface area contributed by atoms with E-state index in [4.69, 9.17) is 4.74 Å². The number of hydrogen-bond acceptors (Lipinski definition) is 5. The summed E-state index contributed by atoms with van der Waals surface area (Å²) in [5.41, 5.74) is 1.88. The largest absolute Gasteiger partial charge is 0.464 e. The Labute approximate surface area is 152 Å². The van der Waals surface area contributed by atoms with Crippen LogP contribution in [0, 0.1) is 5.92 Å². The molecule has 1 N–H and O–H groups in total. The van der Waals surface area contributed by atoms with E-state index < -0.39 is 5.97 Å². The van der Waals surface area contributed by atoms with Crippen LogP contribution in [0.5, 0.6) is 0 Å². The summed E-state index contributed by atoms with van der Waals surface area (Å²) in [6.45, 7) is 0.807. The highest BCUT2D eigenvalue weighted by molar-refractivity contribution is 6.02. The zero-order valence-corrected chi connectivity index (χ0v) is 14.6. The monoisotopic (exact) mass is 357 g/mol. The van der Waals surface area contributed by atoms with Gasteiger partial charge >= 0.3 is 5.97 Å². The average Bonchev–Trinajstić information content (AvgIpc) is 3.37. The predicted octanol–water partition coefficient (Wildman–Crippen LogP) is 1.47. The van der Waals surface area contributed by atoms with Crippen LogP contribution < -0.4 is 5.32 Å². The molecule has 26 heavy (non-hydrogen) atoms. The number of nitrogens with zero attached hydrogens (tertiary/aromatic N) is 2. The molecule has 3 rings (SSSR count). The highest BCUT2D eigenvalue weighted by Crippen LogP contribution is 2.28. The van der Waals surface area contributed by atoms with Gasteiger partial charge in [0, 0.05) is 19.3 Å². The smallest absolute Gasteiger partial charge is 0.325 e. The van der Waals surface area contributed by atoms with Gasteiger partial charge in [-0.15, -0.1) is 0 Å². The molecule has 1 heterocycles. The molecular weight excluding hydrogens is 334 g/mol. The van der Waals surface area contributed by atoms with Crippen molar-refractivity contribution in [1.29, 1.82) is 0 Å².